The topological polar surface area (TPSA) is 41.8 Å². The fourth-order valence-corrected chi connectivity index (χ4v) is 1.36. The van der Waals surface area contributed by atoms with Gasteiger partial charge in [-0.1, -0.05) is 27.7 Å². The van der Waals surface area contributed by atoms with Gasteiger partial charge >= 0.3 is 0 Å². The zero-order valence-corrected chi connectivity index (χ0v) is 9.89. The molecule has 0 amide bonds. The van der Waals surface area contributed by atoms with Gasteiger partial charge in [0.15, 0.2) is 0 Å². The molecule has 0 spiro atoms. The van der Waals surface area contributed by atoms with Gasteiger partial charge in [-0.05, 0) is 36.2 Å². The number of aromatic amines is 1. The summed E-state index contributed by atoms with van der Waals surface area (Å²) in [7, 11) is 0. The fraction of sp³-hybridized carbons (Fsp3) is 0.500. The molecule has 0 aromatic carbocycles. The van der Waals surface area contributed by atoms with Gasteiger partial charge in [0.25, 0.3) is 0 Å². The quantitative estimate of drug-likeness (QED) is 0.745. The lowest BCUT2D eigenvalue weighted by atomic mass is 9.97. The van der Waals surface area contributed by atoms with E-state index in [9.17, 15) is 0 Å². The number of aryl methyl sites for hydroxylation is 1. The Morgan fingerprint density at radius 2 is 2.00 bits per heavy atom. The molecular formula is C12H22N2. The molecule has 2 nitrogen and oxygen atoms in total. The van der Waals surface area contributed by atoms with Gasteiger partial charge in [-0.15, -0.1) is 0 Å². The highest BCUT2D eigenvalue weighted by molar-refractivity contribution is 5.68. The number of H-pyrrole nitrogens is 1. The van der Waals surface area contributed by atoms with Gasteiger partial charge in [-0.2, -0.15) is 0 Å². The highest BCUT2D eigenvalue weighted by Gasteiger charge is 2.08. The maximum atomic E-state index is 5.56. The monoisotopic (exact) mass is 194 g/mol. The number of allylic oxidation sites excluding steroid dienone is 1. The van der Waals surface area contributed by atoms with E-state index in [1.165, 1.54) is 16.8 Å². The first kappa shape index (κ1) is 12.8. The van der Waals surface area contributed by atoms with Gasteiger partial charge in [-0.3, -0.25) is 0 Å². The largest absolute Gasteiger partial charge is 0.404 e. The predicted molar refractivity (Wildman–Crippen MR) is 63.9 cm³/mol. The standard InChI is InChI=1S/C10H16N2.C2H6/c1-7(2)10(6-11)9-4-5-12-8(9)3;1-2/h4-7,12H,11H2,1-3H3;1-2H3/b10-6-;. The molecule has 0 saturated heterocycles. The third-order valence-corrected chi connectivity index (χ3v) is 2.07. The Balaban J connectivity index is 0.000000791. The first-order valence-electron chi connectivity index (χ1n) is 5.23. The zero-order chi connectivity index (χ0) is 11.1. The van der Waals surface area contributed by atoms with Gasteiger partial charge in [-0.25, -0.2) is 0 Å². The van der Waals surface area contributed by atoms with Crippen LogP contribution < -0.4 is 5.73 Å². The van der Waals surface area contributed by atoms with Crippen molar-refractivity contribution in [3.8, 4) is 0 Å². The molecule has 0 unspecified atom stereocenters. The minimum Gasteiger partial charge on any atom is -0.404 e. The first-order chi connectivity index (χ1) is 6.66. The van der Waals surface area contributed by atoms with Crippen molar-refractivity contribution in [2.24, 2.45) is 11.7 Å². The average molecular weight is 194 g/mol. The molecule has 2 heteroatoms. The number of hydrogen-bond donors (Lipinski definition) is 2. The Hall–Kier alpha value is -1.18. The molecule has 1 heterocycles. The molecule has 0 saturated carbocycles. The third-order valence-electron chi connectivity index (χ3n) is 2.07. The average Bonchev–Trinajstić information content (AvgIpc) is 2.57. The predicted octanol–water partition coefficient (Wildman–Crippen LogP) is 3.30. The van der Waals surface area contributed by atoms with Crippen LogP contribution in [0.1, 0.15) is 39.0 Å². The number of rotatable bonds is 2. The zero-order valence-electron chi connectivity index (χ0n) is 9.89. The van der Waals surface area contributed by atoms with Crippen LogP contribution in [0.15, 0.2) is 18.5 Å². The summed E-state index contributed by atoms with van der Waals surface area (Å²) >= 11 is 0. The van der Waals surface area contributed by atoms with Crippen molar-refractivity contribution in [2.45, 2.75) is 34.6 Å². The second kappa shape index (κ2) is 6.30. The van der Waals surface area contributed by atoms with Crippen LogP contribution in [0.4, 0.5) is 0 Å². The van der Waals surface area contributed by atoms with Gasteiger partial charge < -0.3 is 10.7 Å². The Labute approximate surface area is 87.2 Å². The molecule has 0 radical (unpaired) electrons. The molecule has 0 aliphatic carbocycles. The van der Waals surface area contributed by atoms with Gasteiger partial charge in [0.1, 0.15) is 0 Å². The van der Waals surface area contributed by atoms with Crippen LogP contribution in [0.3, 0.4) is 0 Å². The summed E-state index contributed by atoms with van der Waals surface area (Å²) in [5, 5.41) is 0. The van der Waals surface area contributed by atoms with Crippen LogP contribution in [-0.2, 0) is 0 Å². The van der Waals surface area contributed by atoms with Crippen LogP contribution in [0, 0.1) is 12.8 Å². The highest BCUT2D eigenvalue weighted by Crippen LogP contribution is 2.23. The normalized spacial score (nSPS) is 11.1. The summed E-state index contributed by atoms with van der Waals surface area (Å²) < 4.78 is 0. The van der Waals surface area contributed by atoms with Crippen molar-refractivity contribution >= 4 is 5.57 Å². The first-order valence-corrected chi connectivity index (χ1v) is 5.23. The molecule has 3 N–H and O–H groups in total. The second-order valence-corrected chi connectivity index (χ2v) is 3.29. The Bertz CT molecular complexity index is 282. The van der Waals surface area contributed by atoms with Gasteiger partial charge in [0.2, 0.25) is 0 Å². The van der Waals surface area contributed by atoms with Crippen molar-refractivity contribution in [1.29, 1.82) is 0 Å². The second-order valence-electron chi connectivity index (χ2n) is 3.29. The van der Waals surface area contributed by atoms with Crippen molar-refractivity contribution < 1.29 is 0 Å². The van der Waals surface area contributed by atoms with E-state index >= 15 is 0 Å². The lowest BCUT2D eigenvalue weighted by Crippen LogP contribution is -1.97. The molecular weight excluding hydrogens is 172 g/mol. The van der Waals surface area contributed by atoms with Crippen molar-refractivity contribution in [3.63, 3.8) is 0 Å². The summed E-state index contributed by atoms with van der Waals surface area (Å²) in [6.07, 6.45) is 3.64. The Morgan fingerprint density at radius 1 is 1.43 bits per heavy atom. The number of hydrogen-bond acceptors (Lipinski definition) is 1. The van der Waals surface area contributed by atoms with Crippen LogP contribution in [0.25, 0.3) is 5.57 Å². The smallest absolute Gasteiger partial charge is 0.0192 e. The number of aromatic nitrogens is 1. The third kappa shape index (κ3) is 2.95. The summed E-state index contributed by atoms with van der Waals surface area (Å²) in [4.78, 5) is 3.14. The minimum absolute atomic E-state index is 0.476. The van der Waals surface area contributed by atoms with Crippen LogP contribution in [-0.4, -0.2) is 4.98 Å². The van der Waals surface area contributed by atoms with E-state index in [-0.39, 0.29) is 0 Å². The van der Waals surface area contributed by atoms with E-state index in [1.54, 1.807) is 6.20 Å². The SMILES string of the molecule is CC.Cc1[nH]ccc1/C(=C\N)C(C)C. The van der Waals surface area contributed by atoms with E-state index in [0.717, 1.165) is 0 Å². The molecule has 1 rings (SSSR count). The molecule has 0 aliphatic rings. The molecule has 0 atom stereocenters. The van der Waals surface area contributed by atoms with E-state index in [0.29, 0.717) is 5.92 Å². The molecule has 0 aliphatic heterocycles. The fourth-order valence-electron chi connectivity index (χ4n) is 1.36. The number of nitrogens with one attached hydrogen (secondary N) is 1. The molecule has 1 aromatic rings. The summed E-state index contributed by atoms with van der Waals surface area (Å²) in [5.74, 6) is 0.476. The van der Waals surface area contributed by atoms with Crippen molar-refractivity contribution in [1.82, 2.24) is 4.98 Å². The summed E-state index contributed by atoms with van der Waals surface area (Å²) in [6.45, 7) is 10.3. The van der Waals surface area contributed by atoms with Crippen molar-refractivity contribution in [2.75, 3.05) is 0 Å². The Morgan fingerprint density at radius 3 is 2.29 bits per heavy atom. The molecule has 1 aromatic heterocycles. The highest BCUT2D eigenvalue weighted by atomic mass is 14.7. The molecule has 0 fully saturated rings. The van der Waals surface area contributed by atoms with Gasteiger partial charge in [0.05, 0.1) is 0 Å². The molecule has 0 bridgehead atoms. The van der Waals surface area contributed by atoms with E-state index < -0.39 is 0 Å². The Kier molecular flexibility index (Phi) is 5.77. The van der Waals surface area contributed by atoms with E-state index in [1.807, 2.05) is 20.0 Å². The summed E-state index contributed by atoms with van der Waals surface area (Å²) in [6, 6.07) is 2.06. The maximum Gasteiger partial charge on any atom is 0.0192 e. The van der Waals surface area contributed by atoms with Crippen LogP contribution in [0.2, 0.25) is 0 Å². The van der Waals surface area contributed by atoms with Crippen LogP contribution >= 0.6 is 0 Å². The lowest BCUT2D eigenvalue weighted by Gasteiger charge is -2.09. The number of nitrogens with two attached hydrogens (primary N) is 1. The van der Waals surface area contributed by atoms with Crippen LogP contribution in [0.5, 0.6) is 0 Å². The van der Waals surface area contributed by atoms with Crippen molar-refractivity contribution in [3.05, 3.63) is 29.7 Å². The van der Waals surface area contributed by atoms with Gasteiger partial charge in [0, 0.05) is 11.9 Å². The summed E-state index contributed by atoms with van der Waals surface area (Å²) in [5.41, 5.74) is 9.17. The lowest BCUT2D eigenvalue weighted by molar-refractivity contribution is 0.852. The molecule has 14 heavy (non-hydrogen) atoms. The minimum atomic E-state index is 0.476. The van der Waals surface area contributed by atoms with E-state index in [4.69, 9.17) is 5.73 Å². The maximum absolute atomic E-state index is 5.56. The molecule has 80 valence electrons. The van der Waals surface area contributed by atoms with E-state index in [2.05, 4.69) is 31.8 Å².